The second kappa shape index (κ2) is 3.71. The van der Waals surface area contributed by atoms with Gasteiger partial charge in [0.2, 0.25) is 0 Å². The molecular weight excluding hydrogens is 215 g/mol. The van der Waals surface area contributed by atoms with Crippen LogP contribution in [0.1, 0.15) is 25.7 Å². The molecule has 1 aliphatic carbocycles. The van der Waals surface area contributed by atoms with E-state index in [1.165, 1.54) is 0 Å². The maximum absolute atomic E-state index is 11.9. The zero-order valence-corrected chi connectivity index (χ0v) is 7.73. The van der Waals surface area contributed by atoms with E-state index in [1.807, 2.05) is 5.32 Å². The number of hydrogen-bond acceptors (Lipinski definition) is 2. The smallest absolute Gasteiger partial charge is 0.471 e. The van der Waals surface area contributed by atoms with Gasteiger partial charge in [0.05, 0.1) is 0 Å². The SMILES string of the molecule is O=C(O)CCC1(NC(=O)C(F)(F)F)CC1. The predicted molar refractivity (Wildman–Crippen MR) is 43.0 cm³/mol. The fraction of sp³-hybridized carbons (Fsp3) is 0.750. The number of aliphatic carboxylic acids is 1. The van der Waals surface area contributed by atoms with E-state index < -0.39 is 23.6 Å². The Balaban J connectivity index is 2.44. The Morgan fingerprint density at radius 1 is 1.33 bits per heavy atom. The molecule has 0 atom stereocenters. The van der Waals surface area contributed by atoms with Gasteiger partial charge >= 0.3 is 18.1 Å². The Bertz CT molecular complexity index is 283. The third kappa shape index (κ3) is 3.41. The van der Waals surface area contributed by atoms with Gasteiger partial charge in [-0.1, -0.05) is 0 Å². The molecule has 0 aromatic heterocycles. The Kier molecular flexibility index (Phi) is 2.92. The molecule has 0 aromatic carbocycles. The molecule has 0 aromatic rings. The van der Waals surface area contributed by atoms with E-state index in [2.05, 4.69) is 0 Å². The molecule has 1 fully saturated rings. The lowest BCUT2D eigenvalue weighted by Gasteiger charge is -2.17. The highest BCUT2D eigenvalue weighted by molar-refractivity contribution is 5.82. The van der Waals surface area contributed by atoms with Crippen molar-refractivity contribution in [2.45, 2.75) is 37.4 Å². The maximum atomic E-state index is 11.9. The molecule has 1 amide bonds. The van der Waals surface area contributed by atoms with E-state index in [0.717, 1.165) is 0 Å². The summed E-state index contributed by atoms with van der Waals surface area (Å²) in [7, 11) is 0. The molecule has 0 radical (unpaired) electrons. The van der Waals surface area contributed by atoms with Crippen molar-refractivity contribution in [2.75, 3.05) is 0 Å². The van der Waals surface area contributed by atoms with Crippen molar-refractivity contribution in [3.8, 4) is 0 Å². The summed E-state index contributed by atoms with van der Waals surface area (Å²) in [5.74, 6) is -3.08. The summed E-state index contributed by atoms with van der Waals surface area (Å²) in [6.45, 7) is 0. The molecule has 86 valence electrons. The quantitative estimate of drug-likeness (QED) is 0.751. The summed E-state index contributed by atoms with van der Waals surface area (Å²) < 4.78 is 35.6. The minimum absolute atomic E-state index is 0.0458. The van der Waals surface area contributed by atoms with Crippen LogP contribution in [-0.2, 0) is 9.59 Å². The number of carboxylic acid groups (broad SMARTS) is 1. The number of carbonyl (C=O) groups excluding carboxylic acids is 1. The topological polar surface area (TPSA) is 66.4 Å². The molecule has 0 heterocycles. The fourth-order valence-electron chi connectivity index (χ4n) is 1.25. The van der Waals surface area contributed by atoms with Crippen molar-refractivity contribution in [3.63, 3.8) is 0 Å². The zero-order chi connectivity index (χ0) is 11.7. The van der Waals surface area contributed by atoms with Crippen LogP contribution in [0.2, 0.25) is 0 Å². The van der Waals surface area contributed by atoms with Crippen LogP contribution in [0.4, 0.5) is 13.2 Å². The highest BCUT2D eigenvalue weighted by Gasteiger charge is 2.49. The number of rotatable bonds is 4. The Hall–Kier alpha value is -1.27. The highest BCUT2D eigenvalue weighted by Crippen LogP contribution is 2.40. The number of halogens is 3. The van der Waals surface area contributed by atoms with Crippen molar-refractivity contribution in [1.82, 2.24) is 5.32 Å². The van der Waals surface area contributed by atoms with E-state index in [-0.39, 0.29) is 12.8 Å². The first-order valence-electron chi connectivity index (χ1n) is 4.36. The predicted octanol–water partition coefficient (Wildman–Crippen LogP) is 1.06. The third-order valence-corrected chi connectivity index (χ3v) is 2.31. The largest absolute Gasteiger partial charge is 0.481 e. The average Bonchev–Trinajstić information content (AvgIpc) is 2.80. The zero-order valence-electron chi connectivity index (χ0n) is 7.73. The first-order chi connectivity index (χ1) is 6.75. The van der Waals surface area contributed by atoms with E-state index >= 15 is 0 Å². The average molecular weight is 225 g/mol. The molecule has 0 unspecified atom stereocenters. The van der Waals surface area contributed by atoms with E-state index in [4.69, 9.17) is 5.11 Å². The molecule has 0 aliphatic heterocycles. The van der Waals surface area contributed by atoms with Gasteiger partial charge in [0.25, 0.3) is 0 Å². The number of amides is 1. The van der Waals surface area contributed by atoms with Gasteiger partial charge in [0.15, 0.2) is 0 Å². The van der Waals surface area contributed by atoms with Crippen molar-refractivity contribution in [3.05, 3.63) is 0 Å². The number of alkyl halides is 3. The number of nitrogens with one attached hydrogen (secondary N) is 1. The molecule has 1 saturated carbocycles. The number of hydrogen-bond donors (Lipinski definition) is 2. The maximum Gasteiger partial charge on any atom is 0.471 e. The number of carbonyl (C=O) groups is 2. The van der Waals surface area contributed by atoms with E-state index in [1.54, 1.807) is 0 Å². The van der Waals surface area contributed by atoms with Crippen molar-refractivity contribution in [1.29, 1.82) is 0 Å². The first kappa shape index (κ1) is 11.8. The Labute approximate surface area is 83.5 Å². The lowest BCUT2D eigenvalue weighted by Crippen LogP contribution is -2.44. The van der Waals surface area contributed by atoms with Crippen molar-refractivity contribution in [2.24, 2.45) is 0 Å². The second-order valence-electron chi connectivity index (χ2n) is 3.63. The van der Waals surface area contributed by atoms with Gasteiger partial charge in [-0.2, -0.15) is 13.2 Å². The van der Waals surface area contributed by atoms with Crippen LogP contribution in [0.5, 0.6) is 0 Å². The van der Waals surface area contributed by atoms with Crippen LogP contribution in [0, 0.1) is 0 Å². The molecular formula is C8H10F3NO3. The van der Waals surface area contributed by atoms with E-state index in [0.29, 0.717) is 12.8 Å². The molecule has 0 saturated heterocycles. The van der Waals surface area contributed by atoms with Crippen molar-refractivity contribution < 1.29 is 27.9 Å². The van der Waals surface area contributed by atoms with Crippen LogP contribution >= 0.6 is 0 Å². The van der Waals surface area contributed by atoms with Crippen LogP contribution < -0.4 is 5.32 Å². The summed E-state index contributed by atoms with van der Waals surface area (Å²) in [6, 6.07) is 0. The van der Waals surface area contributed by atoms with Crippen LogP contribution in [0.3, 0.4) is 0 Å². The van der Waals surface area contributed by atoms with Gasteiger partial charge in [-0.05, 0) is 19.3 Å². The summed E-state index contributed by atoms with van der Waals surface area (Å²) in [6.07, 6.45) is -4.29. The van der Waals surface area contributed by atoms with Crippen LogP contribution in [0.15, 0.2) is 0 Å². The van der Waals surface area contributed by atoms with Crippen LogP contribution in [-0.4, -0.2) is 28.7 Å². The van der Waals surface area contributed by atoms with Crippen molar-refractivity contribution >= 4 is 11.9 Å². The van der Waals surface area contributed by atoms with Crippen LogP contribution in [0.25, 0.3) is 0 Å². The summed E-state index contributed by atoms with van der Waals surface area (Å²) in [5.41, 5.74) is -0.939. The van der Waals surface area contributed by atoms with Gasteiger partial charge < -0.3 is 10.4 Å². The Morgan fingerprint density at radius 3 is 2.20 bits per heavy atom. The Morgan fingerprint density at radius 2 is 1.87 bits per heavy atom. The molecule has 1 rings (SSSR count). The lowest BCUT2D eigenvalue weighted by molar-refractivity contribution is -0.174. The normalized spacial score (nSPS) is 18.3. The van der Waals surface area contributed by atoms with Gasteiger partial charge in [-0.15, -0.1) is 0 Å². The highest BCUT2D eigenvalue weighted by atomic mass is 19.4. The second-order valence-corrected chi connectivity index (χ2v) is 3.63. The first-order valence-corrected chi connectivity index (χ1v) is 4.36. The summed E-state index contributed by atoms with van der Waals surface area (Å²) in [5, 5.41) is 10.2. The molecule has 1 aliphatic rings. The minimum atomic E-state index is -4.90. The third-order valence-electron chi connectivity index (χ3n) is 2.31. The minimum Gasteiger partial charge on any atom is -0.481 e. The molecule has 4 nitrogen and oxygen atoms in total. The van der Waals surface area contributed by atoms with Gasteiger partial charge in [-0.3, -0.25) is 9.59 Å². The van der Waals surface area contributed by atoms with Gasteiger partial charge in [0.1, 0.15) is 0 Å². The van der Waals surface area contributed by atoms with Gasteiger partial charge in [-0.25, -0.2) is 0 Å². The summed E-state index contributed by atoms with van der Waals surface area (Å²) in [4.78, 5) is 20.8. The summed E-state index contributed by atoms with van der Waals surface area (Å²) >= 11 is 0. The molecule has 7 heteroatoms. The van der Waals surface area contributed by atoms with E-state index in [9.17, 15) is 22.8 Å². The fourth-order valence-corrected chi connectivity index (χ4v) is 1.25. The molecule has 15 heavy (non-hydrogen) atoms. The monoisotopic (exact) mass is 225 g/mol. The molecule has 2 N–H and O–H groups in total. The number of carboxylic acids is 1. The molecule has 0 spiro atoms. The van der Waals surface area contributed by atoms with Gasteiger partial charge in [0, 0.05) is 12.0 Å². The lowest BCUT2D eigenvalue weighted by atomic mass is 10.1. The standard InChI is InChI=1S/C8H10F3NO3/c9-8(10,11)6(15)12-7(3-4-7)2-1-5(13)14/h1-4H2,(H,12,15)(H,13,14). The molecule has 0 bridgehead atoms.